The van der Waals surface area contributed by atoms with Crippen LogP contribution in [0.5, 0.6) is 11.5 Å². The highest BCUT2D eigenvalue weighted by Crippen LogP contribution is 2.32. The fourth-order valence-corrected chi connectivity index (χ4v) is 5.18. The summed E-state index contributed by atoms with van der Waals surface area (Å²) in [5, 5.41) is 3.44. The van der Waals surface area contributed by atoms with Gasteiger partial charge >= 0.3 is 5.97 Å². The molecule has 0 radical (unpaired) electrons. The fourth-order valence-electron chi connectivity index (χ4n) is 5.18. The lowest BCUT2D eigenvalue weighted by molar-refractivity contribution is -0.137. The molecule has 1 aliphatic rings. The Bertz CT molecular complexity index is 2020. The summed E-state index contributed by atoms with van der Waals surface area (Å²) < 4.78 is 17.9. The van der Waals surface area contributed by atoms with Gasteiger partial charge in [0.15, 0.2) is 17.3 Å². The maximum absolute atomic E-state index is 14.3. The molecule has 0 fully saturated rings. The number of ketones is 1. The monoisotopic (exact) mass is 531 g/mol. The third-order valence-corrected chi connectivity index (χ3v) is 6.91. The number of aromatic nitrogens is 1. The summed E-state index contributed by atoms with van der Waals surface area (Å²) >= 11 is 0. The van der Waals surface area contributed by atoms with Crippen molar-refractivity contribution >= 4 is 44.9 Å². The van der Waals surface area contributed by atoms with Crippen molar-refractivity contribution in [1.82, 2.24) is 4.57 Å². The highest BCUT2D eigenvalue weighted by atomic mass is 16.7. The molecule has 0 bridgehead atoms. The summed E-state index contributed by atoms with van der Waals surface area (Å²) in [7, 11) is 0. The quantitative estimate of drug-likeness (QED) is 0.252. The molecule has 4 aromatic carbocycles. The highest BCUT2D eigenvalue weighted by Gasteiger charge is 2.23. The van der Waals surface area contributed by atoms with Crippen LogP contribution < -0.4 is 25.6 Å². The Kier molecular flexibility index (Phi) is 6.40. The zero-order valence-corrected chi connectivity index (χ0v) is 22.0. The van der Waals surface area contributed by atoms with Crippen LogP contribution in [0.25, 0.3) is 38.9 Å². The molecular formula is C33H25NO6. The van der Waals surface area contributed by atoms with Gasteiger partial charge in [-0.3, -0.25) is 14.2 Å². The number of carbonyl (C=O) groups excluding carboxylic acids is 2. The Morgan fingerprint density at radius 1 is 0.875 bits per heavy atom. The zero-order valence-electron chi connectivity index (χ0n) is 22.0. The molecule has 0 atom stereocenters. The van der Waals surface area contributed by atoms with Crippen LogP contribution in [0.2, 0.25) is 0 Å². The summed E-state index contributed by atoms with van der Waals surface area (Å²) in [5.41, 5.74) is 0.732. The first-order valence-electron chi connectivity index (χ1n) is 12.9. The largest absolute Gasteiger partial charge is 0.462 e. The van der Waals surface area contributed by atoms with Gasteiger partial charge in [-0.05, 0) is 60.5 Å². The van der Waals surface area contributed by atoms with Crippen LogP contribution in [0, 0.1) is 0 Å². The van der Waals surface area contributed by atoms with Gasteiger partial charge in [0, 0.05) is 16.0 Å². The molecule has 0 aliphatic carbocycles. The van der Waals surface area contributed by atoms with Crippen LogP contribution in [0.3, 0.4) is 0 Å². The van der Waals surface area contributed by atoms with Crippen LogP contribution >= 0.6 is 0 Å². The number of carbonyl (C=O) groups is 2. The van der Waals surface area contributed by atoms with Crippen molar-refractivity contribution in [3.8, 4) is 17.2 Å². The minimum Gasteiger partial charge on any atom is -0.462 e. The summed E-state index contributed by atoms with van der Waals surface area (Å²) in [6, 6.07) is 25.9. The normalized spacial score (nSPS) is 13.5. The molecule has 198 valence electrons. The van der Waals surface area contributed by atoms with Gasteiger partial charge in [-0.25, -0.2) is 4.79 Å². The molecule has 0 saturated heterocycles. The summed E-state index contributed by atoms with van der Waals surface area (Å²) in [5.74, 6) is -0.0879. The van der Waals surface area contributed by atoms with Crippen LogP contribution in [0.4, 0.5) is 0 Å². The van der Waals surface area contributed by atoms with E-state index in [0.717, 1.165) is 16.3 Å². The highest BCUT2D eigenvalue weighted by molar-refractivity contribution is 6.38. The van der Waals surface area contributed by atoms with E-state index in [4.69, 9.17) is 14.2 Å². The summed E-state index contributed by atoms with van der Waals surface area (Å²) in [6.07, 6.45) is 1.85. The lowest BCUT2D eigenvalue weighted by atomic mass is 10.0. The third kappa shape index (κ3) is 4.22. The number of esters is 1. The number of hydrogen-bond acceptors (Lipinski definition) is 6. The summed E-state index contributed by atoms with van der Waals surface area (Å²) in [4.78, 5) is 40.9. The van der Waals surface area contributed by atoms with Gasteiger partial charge in [-0.15, -0.1) is 0 Å². The fraction of sp³-hybridized carbons (Fsp3) is 0.121. The molecular weight excluding hydrogens is 506 g/mol. The second kappa shape index (κ2) is 10.2. The van der Waals surface area contributed by atoms with E-state index in [9.17, 15) is 14.4 Å². The number of benzene rings is 4. The average Bonchev–Trinajstić information content (AvgIpc) is 3.43. The van der Waals surface area contributed by atoms with E-state index in [0.29, 0.717) is 33.2 Å². The second-order valence-corrected chi connectivity index (χ2v) is 9.36. The van der Waals surface area contributed by atoms with Crippen molar-refractivity contribution in [2.45, 2.75) is 13.8 Å². The molecule has 7 heteroatoms. The average molecular weight is 532 g/mol. The van der Waals surface area contributed by atoms with Crippen molar-refractivity contribution in [3.63, 3.8) is 0 Å². The van der Waals surface area contributed by atoms with Crippen LogP contribution in [0.1, 0.15) is 19.4 Å². The maximum Gasteiger partial charge on any atom is 0.343 e. The zero-order chi connectivity index (χ0) is 27.8. The van der Waals surface area contributed by atoms with Crippen molar-refractivity contribution in [2.24, 2.45) is 0 Å². The van der Waals surface area contributed by atoms with E-state index in [1.54, 1.807) is 25.1 Å². The Balaban J connectivity index is 1.89. The third-order valence-electron chi connectivity index (χ3n) is 6.91. The second-order valence-electron chi connectivity index (χ2n) is 9.36. The molecule has 6 rings (SSSR count). The minimum absolute atomic E-state index is 0.0723. The van der Waals surface area contributed by atoms with Gasteiger partial charge in [0.05, 0.1) is 17.6 Å². The van der Waals surface area contributed by atoms with E-state index in [-0.39, 0.29) is 29.9 Å². The Hall–Kier alpha value is -5.17. The Morgan fingerprint density at radius 3 is 2.35 bits per heavy atom. The SMILES string of the molecule is CCOC(=O)/C(C(C)=O)=c1/c(=C\c2ccc3c(c2)OCO3)c2ccccc2c(=O)n1-c1cccc2ccccc12. The number of ether oxygens (including phenoxy) is 3. The Labute approximate surface area is 229 Å². The van der Waals surface area contributed by atoms with Gasteiger partial charge in [-0.2, -0.15) is 0 Å². The predicted molar refractivity (Wildman–Crippen MR) is 153 cm³/mol. The van der Waals surface area contributed by atoms with Crippen LogP contribution in [-0.4, -0.2) is 29.7 Å². The molecule has 0 amide bonds. The number of fused-ring (bicyclic) bond motifs is 3. The van der Waals surface area contributed by atoms with Crippen LogP contribution in [0.15, 0.2) is 89.7 Å². The Morgan fingerprint density at radius 2 is 1.57 bits per heavy atom. The predicted octanol–water partition coefficient (Wildman–Crippen LogP) is 4.00. The maximum atomic E-state index is 14.3. The first-order chi connectivity index (χ1) is 19.5. The van der Waals surface area contributed by atoms with Gasteiger partial charge < -0.3 is 14.2 Å². The van der Waals surface area contributed by atoms with Gasteiger partial charge in [0.2, 0.25) is 6.79 Å². The molecule has 1 aliphatic heterocycles. The molecule has 1 aromatic heterocycles. The lowest BCUT2D eigenvalue weighted by Crippen LogP contribution is -2.46. The van der Waals surface area contributed by atoms with E-state index in [2.05, 4.69) is 0 Å². The van der Waals surface area contributed by atoms with Gasteiger partial charge in [0.25, 0.3) is 5.56 Å². The smallest absolute Gasteiger partial charge is 0.343 e. The lowest BCUT2D eigenvalue weighted by Gasteiger charge is -2.16. The van der Waals surface area contributed by atoms with E-state index in [1.165, 1.54) is 11.5 Å². The van der Waals surface area contributed by atoms with E-state index >= 15 is 0 Å². The number of nitrogens with zero attached hydrogens (tertiary/aromatic N) is 1. The molecule has 2 heterocycles. The topological polar surface area (TPSA) is 83.8 Å². The first kappa shape index (κ1) is 25.1. The number of rotatable bonds is 5. The van der Waals surface area contributed by atoms with Crippen molar-refractivity contribution in [1.29, 1.82) is 0 Å². The van der Waals surface area contributed by atoms with Gasteiger partial charge in [0.1, 0.15) is 5.57 Å². The van der Waals surface area contributed by atoms with E-state index < -0.39 is 11.8 Å². The summed E-state index contributed by atoms with van der Waals surface area (Å²) in [6.45, 7) is 3.18. The number of pyridine rings is 1. The molecule has 5 aromatic rings. The van der Waals surface area contributed by atoms with Crippen molar-refractivity contribution in [2.75, 3.05) is 13.4 Å². The molecule has 0 unspecified atom stereocenters. The standard InChI is InChI=1S/C33H25NO6/c1-3-38-33(37)30(20(2)35)31-26(17-21-15-16-28-29(18-21)40-19-39-28)24-12-6-7-13-25(24)32(36)34(31)27-14-8-10-22-9-4-5-11-23(22)27/h4-18H,3,19H2,1-2H3/b26-17-,31-30-. The molecule has 0 spiro atoms. The molecule has 0 N–H and O–H groups in total. The van der Waals surface area contributed by atoms with Crippen molar-refractivity contribution < 1.29 is 23.8 Å². The number of Topliss-reactive ketones (excluding diaryl/α,β-unsaturated/α-hetero) is 1. The minimum atomic E-state index is -0.793. The van der Waals surface area contributed by atoms with Gasteiger partial charge in [-0.1, -0.05) is 60.7 Å². The molecule has 0 saturated carbocycles. The van der Waals surface area contributed by atoms with E-state index in [1.807, 2.05) is 72.8 Å². The number of hydrogen-bond donors (Lipinski definition) is 0. The van der Waals surface area contributed by atoms with Crippen LogP contribution in [-0.2, 0) is 14.3 Å². The molecule has 7 nitrogen and oxygen atoms in total. The first-order valence-corrected chi connectivity index (χ1v) is 12.9. The van der Waals surface area contributed by atoms with Crippen molar-refractivity contribution in [3.05, 3.63) is 111 Å². The molecule has 40 heavy (non-hydrogen) atoms.